The summed E-state index contributed by atoms with van der Waals surface area (Å²) >= 11 is 0. The maximum absolute atomic E-state index is 13.1. The second kappa shape index (κ2) is 9.52. The van der Waals surface area contributed by atoms with Crippen molar-refractivity contribution in [3.8, 4) is 0 Å². The van der Waals surface area contributed by atoms with E-state index in [1.165, 1.54) is 31.3 Å². The minimum absolute atomic E-state index is 0.0742. The largest absolute Gasteiger partial charge is 0.481 e. The van der Waals surface area contributed by atoms with Crippen LogP contribution in [-0.2, 0) is 14.8 Å². The molecule has 0 heterocycles. The van der Waals surface area contributed by atoms with Gasteiger partial charge in [-0.05, 0) is 47.5 Å². The van der Waals surface area contributed by atoms with E-state index in [0.717, 1.165) is 9.87 Å². The van der Waals surface area contributed by atoms with Gasteiger partial charge in [0.15, 0.2) is 5.96 Å². The molecule has 0 aliphatic heterocycles. The van der Waals surface area contributed by atoms with Crippen LogP contribution in [0.15, 0.2) is 88.8 Å². The molecule has 0 amide bonds. The quantitative estimate of drug-likeness (QED) is 0.355. The van der Waals surface area contributed by atoms with Crippen molar-refractivity contribution in [1.82, 2.24) is 0 Å². The maximum atomic E-state index is 13.1. The van der Waals surface area contributed by atoms with E-state index >= 15 is 0 Å². The van der Waals surface area contributed by atoms with Gasteiger partial charge < -0.3 is 16.6 Å². The van der Waals surface area contributed by atoms with Crippen LogP contribution >= 0.6 is 0 Å². The highest BCUT2D eigenvalue weighted by Crippen LogP contribution is 2.32. The Morgan fingerprint density at radius 2 is 1.59 bits per heavy atom. The van der Waals surface area contributed by atoms with Gasteiger partial charge in [0.05, 0.1) is 22.7 Å². The molecule has 0 bridgehead atoms. The highest BCUT2D eigenvalue weighted by Gasteiger charge is 2.23. The number of carboxylic acid groups (broad SMARTS) is 1. The van der Waals surface area contributed by atoms with Crippen molar-refractivity contribution in [2.75, 3.05) is 11.4 Å². The average molecular weight is 453 g/mol. The van der Waals surface area contributed by atoms with E-state index in [1.807, 2.05) is 30.3 Å². The smallest absolute Gasteiger partial charge is 0.304 e. The number of sulfonamides is 1. The van der Waals surface area contributed by atoms with Gasteiger partial charge in [0.25, 0.3) is 10.0 Å². The van der Waals surface area contributed by atoms with E-state index in [0.29, 0.717) is 16.9 Å². The lowest BCUT2D eigenvalue weighted by Crippen LogP contribution is -2.26. The van der Waals surface area contributed by atoms with Crippen molar-refractivity contribution in [3.05, 3.63) is 90.0 Å². The van der Waals surface area contributed by atoms with E-state index in [9.17, 15) is 18.3 Å². The minimum atomic E-state index is -3.86. The van der Waals surface area contributed by atoms with Gasteiger partial charge in [-0.15, -0.1) is 0 Å². The Labute approximate surface area is 186 Å². The molecule has 8 nitrogen and oxygen atoms in total. The molecule has 3 aromatic carbocycles. The van der Waals surface area contributed by atoms with Crippen molar-refractivity contribution in [3.63, 3.8) is 0 Å². The first kappa shape index (κ1) is 22.8. The zero-order valence-electron chi connectivity index (χ0n) is 17.4. The summed E-state index contributed by atoms with van der Waals surface area (Å²) in [6.07, 6.45) is -0.115. The van der Waals surface area contributed by atoms with Crippen molar-refractivity contribution in [2.24, 2.45) is 16.5 Å². The van der Waals surface area contributed by atoms with E-state index < -0.39 is 21.9 Å². The molecule has 9 heteroatoms. The Hall–Kier alpha value is -3.85. The standard InChI is InChI=1S/C23H24N4O4S/c1-27(32(30,31)20-12-10-18(11-13-20)26-23(24)25)19-9-5-8-17(14-19)21(15-22(28)29)16-6-3-2-4-7-16/h2-14,21H,15H2,1H3,(H,28,29)(H4,24,25,26). The number of nitrogens with zero attached hydrogens (tertiary/aromatic N) is 2. The number of nitrogens with two attached hydrogens (primary N) is 2. The fourth-order valence-corrected chi connectivity index (χ4v) is 4.55. The third-order valence-corrected chi connectivity index (χ3v) is 6.77. The molecule has 3 aromatic rings. The van der Waals surface area contributed by atoms with Gasteiger partial charge in [-0.3, -0.25) is 9.10 Å². The third-order valence-electron chi connectivity index (χ3n) is 4.97. The maximum Gasteiger partial charge on any atom is 0.304 e. The molecular weight excluding hydrogens is 428 g/mol. The Kier molecular flexibility index (Phi) is 6.79. The van der Waals surface area contributed by atoms with Gasteiger partial charge in [0.2, 0.25) is 0 Å². The number of aliphatic imine (C=N–C) groups is 1. The molecule has 32 heavy (non-hydrogen) atoms. The number of hydrogen-bond donors (Lipinski definition) is 3. The molecule has 5 N–H and O–H groups in total. The summed E-state index contributed by atoms with van der Waals surface area (Å²) < 4.78 is 27.4. The van der Waals surface area contributed by atoms with Crippen LogP contribution in [0.25, 0.3) is 0 Å². The number of anilines is 1. The van der Waals surface area contributed by atoms with Crippen LogP contribution in [0.2, 0.25) is 0 Å². The number of aliphatic carboxylic acids is 1. The molecule has 0 saturated heterocycles. The van der Waals surface area contributed by atoms with Crippen LogP contribution < -0.4 is 15.8 Å². The molecule has 3 rings (SSSR count). The van der Waals surface area contributed by atoms with Crippen molar-refractivity contribution in [2.45, 2.75) is 17.2 Å². The van der Waals surface area contributed by atoms with Crippen LogP contribution in [0.1, 0.15) is 23.5 Å². The first-order valence-corrected chi connectivity index (χ1v) is 11.2. The minimum Gasteiger partial charge on any atom is -0.481 e. The number of rotatable bonds is 8. The van der Waals surface area contributed by atoms with Gasteiger partial charge in [-0.1, -0.05) is 42.5 Å². The number of hydrogen-bond acceptors (Lipinski definition) is 4. The number of carbonyl (C=O) groups is 1. The summed E-state index contributed by atoms with van der Waals surface area (Å²) in [7, 11) is -2.41. The molecule has 0 fully saturated rings. The van der Waals surface area contributed by atoms with Crippen molar-refractivity contribution in [1.29, 1.82) is 0 Å². The van der Waals surface area contributed by atoms with Gasteiger partial charge >= 0.3 is 5.97 Å². The number of guanidine groups is 1. The molecular formula is C23H24N4O4S. The second-order valence-corrected chi connectivity index (χ2v) is 9.13. The molecule has 1 atom stereocenters. The molecule has 1 unspecified atom stereocenters. The summed E-state index contributed by atoms with van der Waals surface area (Å²) in [6, 6.07) is 22.0. The Balaban J connectivity index is 1.95. The predicted molar refractivity (Wildman–Crippen MR) is 124 cm³/mol. The van der Waals surface area contributed by atoms with E-state index in [2.05, 4.69) is 4.99 Å². The predicted octanol–water partition coefficient (Wildman–Crippen LogP) is 3.02. The summed E-state index contributed by atoms with van der Waals surface area (Å²) in [5, 5.41) is 9.41. The van der Waals surface area contributed by atoms with Gasteiger partial charge in [0, 0.05) is 13.0 Å². The van der Waals surface area contributed by atoms with Crippen LogP contribution in [0.3, 0.4) is 0 Å². The lowest BCUT2D eigenvalue weighted by atomic mass is 9.88. The normalized spacial score (nSPS) is 12.0. The SMILES string of the molecule is CN(c1cccc(C(CC(=O)O)c2ccccc2)c1)S(=O)(=O)c1ccc(N=C(N)N)cc1. The summed E-state index contributed by atoms with van der Waals surface area (Å²) in [5.41, 5.74) is 13.1. The van der Waals surface area contributed by atoms with Gasteiger partial charge in [0.1, 0.15) is 0 Å². The molecule has 0 aliphatic rings. The first-order valence-electron chi connectivity index (χ1n) is 9.74. The van der Waals surface area contributed by atoms with E-state index in [4.69, 9.17) is 11.5 Å². The number of carboxylic acids is 1. The van der Waals surface area contributed by atoms with E-state index in [-0.39, 0.29) is 17.3 Å². The van der Waals surface area contributed by atoms with Crippen LogP contribution in [0.5, 0.6) is 0 Å². The molecule has 0 aromatic heterocycles. The first-order chi connectivity index (χ1) is 15.2. The van der Waals surface area contributed by atoms with Gasteiger partial charge in [-0.25, -0.2) is 13.4 Å². The van der Waals surface area contributed by atoms with Gasteiger partial charge in [-0.2, -0.15) is 0 Å². The monoisotopic (exact) mass is 452 g/mol. The zero-order valence-corrected chi connectivity index (χ0v) is 18.2. The fourth-order valence-electron chi connectivity index (χ4n) is 3.36. The second-order valence-electron chi connectivity index (χ2n) is 7.16. The Morgan fingerprint density at radius 3 is 2.19 bits per heavy atom. The summed E-state index contributed by atoms with van der Waals surface area (Å²) in [4.78, 5) is 15.4. The third kappa shape index (κ3) is 5.25. The molecule has 0 saturated carbocycles. The lowest BCUT2D eigenvalue weighted by Gasteiger charge is -2.22. The van der Waals surface area contributed by atoms with Crippen molar-refractivity contribution < 1.29 is 18.3 Å². The van der Waals surface area contributed by atoms with Crippen molar-refractivity contribution >= 4 is 33.3 Å². The van der Waals surface area contributed by atoms with Crippen LogP contribution in [0.4, 0.5) is 11.4 Å². The highest BCUT2D eigenvalue weighted by molar-refractivity contribution is 7.92. The summed E-state index contributed by atoms with van der Waals surface area (Å²) in [5.74, 6) is -1.47. The zero-order chi connectivity index (χ0) is 23.3. The highest BCUT2D eigenvalue weighted by atomic mass is 32.2. The van der Waals surface area contributed by atoms with Crippen LogP contribution in [-0.4, -0.2) is 32.5 Å². The summed E-state index contributed by atoms with van der Waals surface area (Å²) in [6.45, 7) is 0. The van der Waals surface area contributed by atoms with Crippen LogP contribution in [0, 0.1) is 0 Å². The van der Waals surface area contributed by atoms with E-state index in [1.54, 1.807) is 24.3 Å². The molecule has 0 radical (unpaired) electrons. The molecule has 0 aliphatic carbocycles. The average Bonchev–Trinajstić information content (AvgIpc) is 2.77. The lowest BCUT2D eigenvalue weighted by molar-refractivity contribution is -0.137. The molecule has 0 spiro atoms. The Morgan fingerprint density at radius 1 is 0.969 bits per heavy atom. The number of benzene rings is 3. The Bertz CT molecular complexity index is 1220. The fraction of sp³-hybridized carbons (Fsp3) is 0.130. The molecule has 166 valence electrons. The topological polar surface area (TPSA) is 139 Å².